The van der Waals surface area contributed by atoms with Gasteiger partial charge in [-0.3, -0.25) is 0 Å². The first-order valence-electron chi connectivity index (χ1n) is 6.19. The molecule has 1 saturated heterocycles. The van der Waals surface area contributed by atoms with Crippen LogP contribution in [0.25, 0.3) is 0 Å². The van der Waals surface area contributed by atoms with E-state index in [1.807, 2.05) is 19.9 Å². The number of ether oxygens (including phenoxy) is 1. The van der Waals surface area contributed by atoms with Crippen LogP contribution in [-0.2, 0) is 4.74 Å². The Morgan fingerprint density at radius 1 is 1.47 bits per heavy atom. The Morgan fingerprint density at radius 3 is 2.76 bits per heavy atom. The number of aromatic nitrogens is 1. The van der Waals surface area contributed by atoms with E-state index in [-0.39, 0.29) is 0 Å². The minimum absolute atomic E-state index is 0.403. The topological polar surface area (TPSA) is 45.6 Å². The van der Waals surface area contributed by atoms with Gasteiger partial charge in [-0.25, -0.2) is 4.98 Å². The van der Waals surface area contributed by atoms with Crippen molar-refractivity contribution in [2.75, 3.05) is 31.2 Å². The van der Waals surface area contributed by atoms with Crippen LogP contribution in [0.4, 0.5) is 5.82 Å². The number of morpholine rings is 1. The van der Waals surface area contributed by atoms with Crippen molar-refractivity contribution in [2.24, 2.45) is 0 Å². The van der Waals surface area contributed by atoms with Gasteiger partial charge in [0.2, 0.25) is 0 Å². The standard InChI is InChI=1S/C13H20N2O2/c1-3-12(16)11-8-10(2)13(14-9-11)15-4-6-17-7-5-15/h8-9,12,16H,3-7H2,1-2H3. The van der Waals surface area contributed by atoms with Crippen molar-refractivity contribution in [3.63, 3.8) is 0 Å². The molecule has 4 heteroatoms. The third-order valence-electron chi connectivity index (χ3n) is 3.15. The van der Waals surface area contributed by atoms with E-state index in [9.17, 15) is 5.11 Å². The first kappa shape index (κ1) is 12.3. The minimum Gasteiger partial charge on any atom is -0.388 e. The first-order chi connectivity index (χ1) is 8.22. The molecule has 0 amide bonds. The van der Waals surface area contributed by atoms with Crippen molar-refractivity contribution in [2.45, 2.75) is 26.4 Å². The van der Waals surface area contributed by atoms with E-state index < -0.39 is 6.10 Å². The summed E-state index contributed by atoms with van der Waals surface area (Å²) in [6, 6.07) is 2.03. The van der Waals surface area contributed by atoms with Crippen molar-refractivity contribution in [1.82, 2.24) is 4.98 Å². The number of hydrogen-bond acceptors (Lipinski definition) is 4. The fourth-order valence-corrected chi connectivity index (χ4v) is 2.11. The molecule has 0 aromatic carbocycles. The molecule has 0 spiro atoms. The second-order valence-corrected chi connectivity index (χ2v) is 4.43. The number of aliphatic hydroxyl groups excluding tert-OH is 1. The number of aryl methyl sites for hydroxylation is 1. The normalized spacial score (nSPS) is 18.2. The van der Waals surface area contributed by atoms with Gasteiger partial charge in [-0.05, 0) is 30.5 Å². The molecule has 4 nitrogen and oxygen atoms in total. The van der Waals surface area contributed by atoms with Gasteiger partial charge in [-0.15, -0.1) is 0 Å². The summed E-state index contributed by atoms with van der Waals surface area (Å²) >= 11 is 0. The first-order valence-corrected chi connectivity index (χ1v) is 6.19. The molecular weight excluding hydrogens is 216 g/mol. The molecule has 1 aliphatic rings. The van der Waals surface area contributed by atoms with Crippen LogP contribution in [-0.4, -0.2) is 36.4 Å². The lowest BCUT2D eigenvalue weighted by atomic mass is 10.1. The van der Waals surface area contributed by atoms with Crippen molar-refractivity contribution in [3.8, 4) is 0 Å². The molecule has 94 valence electrons. The minimum atomic E-state index is -0.403. The number of nitrogens with zero attached hydrogens (tertiary/aromatic N) is 2. The van der Waals surface area contributed by atoms with Crippen LogP contribution in [0.1, 0.15) is 30.6 Å². The Hall–Kier alpha value is -1.13. The van der Waals surface area contributed by atoms with Gasteiger partial charge in [0.15, 0.2) is 0 Å². The van der Waals surface area contributed by atoms with Gasteiger partial charge in [-0.1, -0.05) is 6.92 Å². The second kappa shape index (κ2) is 5.47. The SMILES string of the molecule is CCC(O)c1cnc(N2CCOCC2)c(C)c1. The van der Waals surface area contributed by atoms with E-state index in [0.29, 0.717) is 0 Å². The number of anilines is 1. The average Bonchev–Trinajstić information content (AvgIpc) is 2.38. The van der Waals surface area contributed by atoms with Gasteiger partial charge in [0, 0.05) is 19.3 Å². The zero-order valence-electron chi connectivity index (χ0n) is 10.5. The molecule has 1 atom stereocenters. The highest BCUT2D eigenvalue weighted by atomic mass is 16.5. The van der Waals surface area contributed by atoms with Crippen molar-refractivity contribution >= 4 is 5.82 Å². The Balaban J connectivity index is 2.18. The van der Waals surface area contributed by atoms with Crippen molar-refractivity contribution in [3.05, 3.63) is 23.4 Å². The maximum absolute atomic E-state index is 9.78. The Morgan fingerprint density at radius 2 is 2.18 bits per heavy atom. The lowest BCUT2D eigenvalue weighted by Crippen LogP contribution is -2.37. The van der Waals surface area contributed by atoms with E-state index in [0.717, 1.165) is 49.7 Å². The summed E-state index contributed by atoms with van der Waals surface area (Å²) in [5.74, 6) is 1.01. The molecule has 1 aromatic rings. The molecule has 2 heterocycles. The summed E-state index contributed by atoms with van der Waals surface area (Å²) in [7, 11) is 0. The Labute approximate surface area is 102 Å². The van der Waals surface area contributed by atoms with Crippen LogP contribution in [0.2, 0.25) is 0 Å². The molecule has 17 heavy (non-hydrogen) atoms. The van der Waals surface area contributed by atoms with Crippen LogP contribution in [0.15, 0.2) is 12.3 Å². The molecule has 0 saturated carbocycles. The quantitative estimate of drug-likeness (QED) is 0.867. The van der Waals surface area contributed by atoms with E-state index in [1.165, 1.54) is 0 Å². The third kappa shape index (κ3) is 2.76. The largest absolute Gasteiger partial charge is 0.388 e. The molecule has 1 N–H and O–H groups in total. The highest BCUT2D eigenvalue weighted by Crippen LogP contribution is 2.23. The monoisotopic (exact) mass is 236 g/mol. The fraction of sp³-hybridized carbons (Fsp3) is 0.615. The summed E-state index contributed by atoms with van der Waals surface area (Å²) in [5, 5.41) is 9.78. The molecule has 2 rings (SSSR count). The van der Waals surface area contributed by atoms with Crippen LogP contribution < -0.4 is 4.90 Å². The Bertz CT molecular complexity index is 376. The molecular formula is C13H20N2O2. The maximum atomic E-state index is 9.78. The van der Waals surface area contributed by atoms with E-state index >= 15 is 0 Å². The number of aliphatic hydroxyl groups is 1. The number of hydrogen-bond donors (Lipinski definition) is 1. The van der Waals surface area contributed by atoms with Crippen LogP contribution >= 0.6 is 0 Å². The van der Waals surface area contributed by atoms with Crippen molar-refractivity contribution in [1.29, 1.82) is 0 Å². The molecule has 0 radical (unpaired) electrons. The third-order valence-corrected chi connectivity index (χ3v) is 3.15. The second-order valence-electron chi connectivity index (χ2n) is 4.43. The summed E-state index contributed by atoms with van der Waals surface area (Å²) in [6.07, 6.45) is 2.10. The van der Waals surface area contributed by atoms with Gasteiger partial charge in [0.05, 0.1) is 19.3 Å². The zero-order valence-corrected chi connectivity index (χ0v) is 10.5. The smallest absolute Gasteiger partial charge is 0.131 e. The summed E-state index contributed by atoms with van der Waals surface area (Å²) < 4.78 is 5.33. The number of rotatable bonds is 3. The Kier molecular flexibility index (Phi) is 3.97. The molecule has 1 aromatic heterocycles. The van der Waals surface area contributed by atoms with E-state index in [1.54, 1.807) is 6.20 Å². The van der Waals surface area contributed by atoms with Gasteiger partial charge in [-0.2, -0.15) is 0 Å². The van der Waals surface area contributed by atoms with Gasteiger partial charge in [0.1, 0.15) is 5.82 Å². The lowest BCUT2D eigenvalue weighted by Gasteiger charge is -2.29. The molecule has 0 bridgehead atoms. The molecule has 0 aliphatic carbocycles. The predicted octanol–water partition coefficient (Wildman–Crippen LogP) is 1.67. The summed E-state index contributed by atoms with van der Waals surface area (Å²) in [5.41, 5.74) is 2.03. The molecule has 1 fully saturated rings. The van der Waals surface area contributed by atoms with Gasteiger partial charge in [0.25, 0.3) is 0 Å². The highest BCUT2D eigenvalue weighted by molar-refractivity contribution is 5.47. The van der Waals surface area contributed by atoms with Gasteiger partial charge >= 0.3 is 0 Å². The average molecular weight is 236 g/mol. The summed E-state index contributed by atoms with van der Waals surface area (Å²) in [6.45, 7) is 7.33. The molecule has 1 aliphatic heterocycles. The lowest BCUT2D eigenvalue weighted by molar-refractivity contribution is 0.122. The van der Waals surface area contributed by atoms with Crippen LogP contribution in [0.3, 0.4) is 0 Å². The number of pyridine rings is 1. The summed E-state index contributed by atoms with van der Waals surface area (Å²) in [4.78, 5) is 6.72. The molecule has 1 unspecified atom stereocenters. The van der Waals surface area contributed by atoms with Gasteiger partial charge < -0.3 is 14.7 Å². The maximum Gasteiger partial charge on any atom is 0.131 e. The van der Waals surface area contributed by atoms with Crippen molar-refractivity contribution < 1.29 is 9.84 Å². The fourth-order valence-electron chi connectivity index (χ4n) is 2.11. The predicted molar refractivity (Wildman–Crippen MR) is 67.3 cm³/mol. The zero-order chi connectivity index (χ0) is 12.3. The van der Waals surface area contributed by atoms with Crippen LogP contribution in [0.5, 0.6) is 0 Å². The van der Waals surface area contributed by atoms with Crippen LogP contribution in [0, 0.1) is 6.92 Å². The highest BCUT2D eigenvalue weighted by Gasteiger charge is 2.15. The van der Waals surface area contributed by atoms with E-state index in [2.05, 4.69) is 9.88 Å². The van der Waals surface area contributed by atoms with E-state index in [4.69, 9.17) is 4.74 Å².